The van der Waals surface area contributed by atoms with Gasteiger partial charge in [-0.25, -0.2) is 0 Å². The number of thioether (sulfide) groups is 1. The third-order valence-electron chi connectivity index (χ3n) is 3.03. The van der Waals surface area contributed by atoms with Crippen molar-refractivity contribution in [1.82, 2.24) is 0 Å². The summed E-state index contributed by atoms with van der Waals surface area (Å²) < 4.78 is 5.03. The number of rotatable bonds is 11. The van der Waals surface area contributed by atoms with Crippen LogP contribution in [0.2, 0.25) is 0 Å². The van der Waals surface area contributed by atoms with Crippen LogP contribution < -0.4 is 0 Å². The molecule has 0 saturated carbocycles. The highest BCUT2D eigenvalue weighted by atomic mass is 32.2. The molecule has 0 aromatic heterocycles. The Morgan fingerprint density at radius 2 is 1.82 bits per heavy atom. The molecule has 1 fully saturated rings. The highest BCUT2D eigenvalue weighted by molar-refractivity contribution is 8.06. The second-order valence-electron chi connectivity index (χ2n) is 4.84. The van der Waals surface area contributed by atoms with Crippen LogP contribution in [0.1, 0.15) is 64.7 Å². The van der Waals surface area contributed by atoms with Gasteiger partial charge >= 0.3 is 5.97 Å². The van der Waals surface area contributed by atoms with Gasteiger partial charge in [0.25, 0.3) is 0 Å². The van der Waals surface area contributed by atoms with Crippen molar-refractivity contribution in [3.63, 3.8) is 0 Å². The summed E-state index contributed by atoms with van der Waals surface area (Å²) in [5.41, 5.74) is 0. The second-order valence-corrected chi connectivity index (χ2v) is 6.17. The van der Waals surface area contributed by atoms with E-state index in [9.17, 15) is 4.79 Å². The van der Waals surface area contributed by atoms with Crippen LogP contribution in [0.4, 0.5) is 0 Å². The van der Waals surface area contributed by atoms with Gasteiger partial charge in [0.2, 0.25) is 0 Å². The maximum absolute atomic E-state index is 11.2. The van der Waals surface area contributed by atoms with E-state index in [1.807, 2.05) is 6.92 Å². The zero-order valence-electron chi connectivity index (χ0n) is 11.1. The Labute approximate surface area is 110 Å². The van der Waals surface area contributed by atoms with Crippen LogP contribution in [-0.4, -0.2) is 23.6 Å². The standard InChI is InChI=1S/C14H26O2S/c1-2-11-16-14(15)10-8-6-4-3-5-7-9-13-12-17-13/h13H,2-12H2,1H3. The van der Waals surface area contributed by atoms with E-state index in [1.165, 1.54) is 44.3 Å². The first-order valence-corrected chi connectivity index (χ1v) is 8.15. The average molecular weight is 258 g/mol. The van der Waals surface area contributed by atoms with Gasteiger partial charge < -0.3 is 4.74 Å². The molecule has 1 unspecified atom stereocenters. The first-order valence-electron chi connectivity index (χ1n) is 7.10. The van der Waals surface area contributed by atoms with Crippen LogP contribution in [-0.2, 0) is 9.53 Å². The Kier molecular flexibility index (Phi) is 8.59. The number of hydrogen-bond donors (Lipinski definition) is 0. The maximum atomic E-state index is 11.2. The lowest BCUT2D eigenvalue weighted by atomic mass is 10.1. The third kappa shape index (κ3) is 9.51. The summed E-state index contributed by atoms with van der Waals surface area (Å²) in [6, 6.07) is 0. The van der Waals surface area contributed by atoms with Crippen molar-refractivity contribution >= 4 is 17.7 Å². The summed E-state index contributed by atoms with van der Waals surface area (Å²) in [4.78, 5) is 11.2. The zero-order valence-corrected chi connectivity index (χ0v) is 11.9. The van der Waals surface area contributed by atoms with Gasteiger partial charge in [0, 0.05) is 17.4 Å². The Morgan fingerprint density at radius 3 is 2.47 bits per heavy atom. The maximum Gasteiger partial charge on any atom is 0.305 e. The number of unbranched alkanes of at least 4 members (excludes halogenated alkanes) is 5. The Morgan fingerprint density at radius 1 is 1.18 bits per heavy atom. The first kappa shape index (κ1) is 14.9. The van der Waals surface area contributed by atoms with Crippen LogP contribution in [0.15, 0.2) is 0 Å². The molecule has 0 N–H and O–H groups in total. The minimum Gasteiger partial charge on any atom is -0.466 e. The molecule has 0 amide bonds. The fourth-order valence-corrected chi connectivity index (χ4v) is 2.51. The van der Waals surface area contributed by atoms with Crippen LogP contribution in [0, 0.1) is 0 Å². The first-order chi connectivity index (χ1) is 8.33. The van der Waals surface area contributed by atoms with Crippen LogP contribution in [0.3, 0.4) is 0 Å². The van der Waals surface area contributed by atoms with Crippen molar-refractivity contribution in [1.29, 1.82) is 0 Å². The lowest BCUT2D eigenvalue weighted by Crippen LogP contribution is -2.04. The van der Waals surface area contributed by atoms with Gasteiger partial charge in [-0.05, 0) is 19.3 Å². The molecule has 0 aromatic rings. The molecule has 0 bridgehead atoms. The van der Waals surface area contributed by atoms with Crippen molar-refractivity contribution in [2.45, 2.75) is 70.0 Å². The zero-order chi connectivity index (χ0) is 12.3. The van der Waals surface area contributed by atoms with E-state index in [4.69, 9.17) is 4.74 Å². The van der Waals surface area contributed by atoms with Crippen molar-refractivity contribution < 1.29 is 9.53 Å². The SMILES string of the molecule is CCCOC(=O)CCCCCCCCC1CS1. The second kappa shape index (κ2) is 9.81. The predicted molar refractivity (Wildman–Crippen MR) is 74.4 cm³/mol. The Bertz CT molecular complexity index is 202. The van der Waals surface area contributed by atoms with E-state index in [2.05, 4.69) is 11.8 Å². The molecule has 0 spiro atoms. The largest absolute Gasteiger partial charge is 0.466 e. The molecule has 2 nitrogen and oxygen atoms in total. The Hall–Kier alpha value is -0.180. The Balaban J connectivity index is 1.72. The normalized spacial score (nSPS) is 18.1. The molecule has 1 rings (SSSR count). The molecule has 100 valence electrons. The summed E-state index contributed by atoms with van der Waals surface area (Å²) in [5, 5.41) is 1.00. The summed E-state index contributed by atoms with van der Waals surface area (Å²) in [6.45, 7) is 2.60. The molecule has 0 aromatic carbocycles. The highest BCUT2D eigenvalue weighted by Gasteiger charge is 2.20. The van der Waals surface area contributed by atoms with Crippen molar-refractivity contribution in [2.24, 2.45) is 0 Å². The molecule has 1 saturated heterocycles. The minimum absolute atomic E-state index is 0.0161. The molecule has 3 heteroatoms. The molecule has 0 aliphatic carbocycles. The molecule has 1 aliphatic rings. The molecule has 17 heavy (non-hydrogen) atoms. The molecular weight excluding hydrogens is 232 g/mol. The van der Waals surface area contributed by atoms with Crippen LogP contribution >= 0.6 is 11.8 Å². The van der Waals surface area contributed by atoms with Gasteiger partial charge in [-0.1, -0.05) is 39.0 Å². The van der Waals surface area contributed by atoms with E-state index < -0.39 is 0 Å². The van der Waals surface area contributed by atoms with E-state index in [0.29, 0.717) is 13.0 Å². The number of ether oxygens (including phenoxy) is 1. The van der Waals surface area contributed by atoms with Gasteiger partial charge in [0.05, 0.1) is 6.61 Å². The van der Waals surface area contributed by atoms with Crippen molar-refractivity contribution in [2.75, 3.05) is 12.4 Å². The molecule has 0 radical (unpaired) electrons. The number of hydrogen-bond acceptors (Lipinski definition) is 3. The molecule has 1 atom stereocenters. The smallest absolute Gasteiger partial charge is 0.305 e. The van der Waals surface area contributed by atoms with Crippen LogP contribution in [0.25, 0.3) is 0 Å². The van der Waals surface area contributed by atoms with Gasteiger partial charge in [-0.3, -0.25) is 4.79 Å². The summed E-state index contributed by atoms with van der Waals surface area (Å²) in [6.07, 6.45) is 10.5. The topological polar surface area (TPSA) is 26.3 Å². The van der Waals surface area contributed by atoms with Gasteiger partial charge in [0.1, 0.15) is 0 Å². The average Bonchev–Trinajstić information content (AvgIpc) is 3.14. The quantitative estimate of drug-likeness (QED) is 0.316. The summed E-state index contributed by atoms with van der Waals surface area (Å²) in [5.74, 6) is 1.39. The van der Waals surface area contributed by atoms with Crippen LogP contribution in [0.5, 0.6) is 0 Å². The fraction of sp³-hybridized carbons (Fsp3) is 0.929. The predicted octanol–water partition coefficient (Wildman–Crippen LogP) is 4.18. The minimum atomic E-state index is -0.0161. The molecule has 1 heterocycles. The van der Waals surface area contributed by atoms with E-state index in [0.717, 1.165) is 18.1 Å². The van der Waals surface area contributed by atoms with Crippen molar-refractivity contribution in [3.05, 3.63) is 0 Å². The molecule has 1 aliphatic heterocycles. The van der Waals surface area contributed by atoms with E-state index >= 15 is 0 Å². The van der Waals surface area contributed by atoms with Gasteiger partial charge in [0.15, 0.2) is 0 Å². The summed E-state index contributed by atoms with van der Waals surface area (Å²) >= 11 is 2.10. The van der Waals surface area contributed by atoms with Crippen molar-refractivity contribution in [3.8, 4) is 0 Å². The lowest BCUT2D eigenvalue weighted by Gasteiger charge is -2.03. The lowest BCUT2D eigenvalue weighted by molar-refractivity contribution is -0.143. The fourth-order valence-electron chi connectivity index (χ4n) is 1.87. The highest BCUT2D eigenvalue weighted by Crippen LogP contribution is 2.34. The molecular formula is C14H26O2S. The number of esters is 1. The van der Waals surface area contributed by atoms with E-state index in [-0.39, 0.29) is 5.97 Å². The number of carbonyl (C=O) groups excluding carboxylic acids is 1. The van der Waals surface area contributed by atoms with Gasteiger partial charge in [-0.15, -0.1) is 0 Å². The summed E-state index contributed by atoms with van der Waals surface area (Å²) in [7, 11) is 0. The third-order valence-corrected chi connectivity index (χ3v) is 4.07. The monoisotopic (exact) mass is 258 g/mol. The number of carbonyl (C=O) groups is 1. The van der Waals surface area contributed by atoms with Gasteiger partial charge in [-0.2, -0.15) is 11.8 Å². The van der Waals surface area contributed by atoms with E-state index in [1.54, 1.807) is 0 Å².